The van der Waals surface area contributed by atoms with Crippen molar-refractivity contribution < 1.29 is 9.59 Å². The molecular formula is C17H25N3O2S. The van der Waals surface area contributed by atoms with Crippen LogP contribution < -0.4 is 0 Å². The molecule has 3 heterocycles. The average Bonchev–Trinajstić information content (AvgIpc) is 3.17. The van der Waals surface area contributed by atoms with Crippen molar-refractivity contribution in [2.24, 2.45) is 11.8 Å². The van der Waals surface area contributed by atoms with Gasteiger partial charge in [0.25, 0.3) is 0 Å². The number of carbonyl (C=O) groups is 2. The third-order valence-corrected chi connectivity index (χ3v) is 5.55. The Morgan fingerprint density at radius 3 is 2.96 bits per heavy atom. The molecule has 2 atom stereocenters. The fourth-order valence-corrected chi connectivity index (χ4v) is 4.43. The number of hydrogen-bond acceptors (Lipinski definition) is 4. The summed E-state index contributed by atoms with van der Waals surface area (Å²) in [6.45, 7) is 6.32. The second-order valence-electron chi connectivity index (χ2n) is 7.01. The Hall–Kier alpha value is -1.43. The fraction of sp³-hybridized carbons (Fsp3) is 0.706. The molecule has 0 saturated carbocycles. The lowest BCUT2D eigenvalue weighted by Gasteiger charge is -2.36. The molecule has 0 aromatic carbocycles. The lowest BCUT2D eigenvalue weighted by Crippen LogP contribution is -2.42. The van der Waals surface area contributed by atoms with E-state index < -0.39 is 0 Å². The normalized spacial score (nSPS) is 25.4. The maximum atomic E-state index is 13.0. The summed E-state index contributed by atoms with van der Waals surface area (Å²) in [5.41, 5.74) is 0. The Bertz CT molecular complexity index is 558. The van der Waals surface area contributed by atoms with Crippen LogP contribution in [0.25, 0.3) is 0 Å². The molecule has 3 rings (SSSR count). The number of rotatable bonds is 4. The summed E-state index contributed by atoms with van der Waals surface area (Å²) >= 11 is 1.62. The Balaban J connectivity index is 1.70. The third kappa shape index (κ3) is 3.57. The molecule has 2 fully saturated rings. The number of carbonyl (C=O) groups excluding carboxylic acids is 2. The molecule has 2 aliphatic rings. The zero-order valence-corrected chi connectivity index (χ0v) is 14.7. The van der Waals surface area contributed by atoms with Crippen molar-refractivity contribution in [2.45, 2.75) is 45.6 Å². The fourth-order valence-electron chi connectivity index (χ4n) is 3.64. The summed E-state index contributed by atoms with van der Waals surface area (Å²) in [7, 11) is 0. The zero-order valence-electron chi connectivity index (χ0n) is 13.9. The average molecular weight is 335 g/mol. The van der Waals surface area contributed by atoms with Gasteiger partial charge in [0.2, 0.25) is 11.8 Å². The van der Waals surface area contributed by atoms with Crippen LogP contribution in [-0.2, 0) is 9.59 Å². The highest BCUT2D eigenvalue weighted by Crippen LogP contribution is 2.34. The molecule has 0 aliphatic carbocycles. The van der Waals surface area contributed by atoms with Gasteiger partial charge < -0.3 is 9.80 Å². The molecule has 2 aliphatic heterocycles. The number of likely N-dealkylation sites (tertiary alicyclic amines) is 2. The lowest BCUT2D eigenvalue weighted by atomic mass is 9.99. The van der Waals surface area contributed by atoms with Gasteiger partial charge in [0.15, 0.2) is 0 Å². The molecule has 1 aromatic rings. The summed E-state index contributed by atoms with van der Waals surface area (Å²) < 4.78 is 0. The third-order valence-electron chi connectivity index (χ3n) is 4.67. The zero-order chi connectivity index (χ0) is 16.4. The lowest BCUT2D eigenvalue weighted by molar-refractivity contribution is -0.139. The summed E-state index contributed by atoms with van der Waals surface area (Å²) in [4.78, 5) is 33.4. The molecule has 0 unspecified atom stereocenters. The molecule has 5 nitrogen and oxygen atoms in total. The minimum absolute atomic E-state index is 0.102. The molecule has 1 aromatic heterocycles. The van der Waals surface area contributed by atoms with Crippen LogP contribution in [0.2, 0.25) is 0 Å². The summed E-state index contributed by atoms with van der Waals surface area (Å²) in [6.07, 6.45) is 5.34. The first-order valence-corrected chi connectivity index (χ1v) is 9.42. The van der Waals surface area contributed by atoms with Crippen molar-refractivity contribution in [2.75, 3.05) is 19.6 Å². The van der Waals surface area contributed by atoms with Gasteiger partial charge in [-0.05, 0) is 25.2 Å². The Morgan fingerprint density at radius 1 is 1.43 bits per heavy atom. The van der Waals surface area contributed by atoms with Crippen molar-refractivity contribution >= 4 is 23.2 Å². The van der Waals surface area contributed by atoms with Crippen LogP contribution in [0.1, 0.15) is 50.6 Å². The van der Waals surface area contributed by atoms with Gasteiger partial charge in [0.05, 0.1) is 12.0 Å². The maximum absolute atomic E-state index is 13.0. The molecule has 6 heteroatoms. The van der Waals surface area contributed by atoms with E-state index in [4.69, 9.17) is 0 Å². The van der Waals surface area contributed by atoms with E-state index in [2.05, 4.69) is 18.8 Å². The summed E-state index contributed by atoms with van der Waals surface area (Å²) in [5.74, 6) is 0.525. The first-order valence-electron chi connectivity index (χ1n) is 8.54. The largest absolute Gasteiger partial charge is 0.342 e. The highest BCUT2D eigenvalue weighted by Gasteiger charge is 2.39. The molecule has 0 radical (unpaired) electrons. The molecule has 0 spiro atoms. The predicted octanol–water partition coefficient (Wildman–Crippen LogP) is 2.70. The molecule has 2 saturated heterocycles. The van der Waals surface area contributed by atoms with E-state index in [1.165, 1.54) is 0 Å². The Labute approximate surface area is 141 Å². The molecular weight excluding hydrogens is 310 g/mol. The van der Waals surface area contributed by atoms with E-state index in [0.717, 1.165) is 37.4 Å². The van der Waals surface area contributed by atoms with Gasteiger partial charge in [-0.15, -0.1) is 11.3 Å². The quantitative estimate of drug-likeness (QED) is 0.850. The Kier molecular flexibility index (Phi) is 4.99. The van der Waals surface area contributed by atoms with Crippen LogP contribution in [0, 0.1) is 11.8 Å². The Morgan fingerprint density at radius 2 is 2.26 bits per heavy atom. The van der Waals surface area contributed by atoms with Crippen LogP contribution in [0.5, 0.6) is 0 Å². The number of thiazole rings is 1. The van der Waals surface area contributed by atoms with Gasteiger partial charge in [0, 0.05) is 37.6 Å². The maximum Gasteiger partial charge on any atom is 0.228 e. The highest BCUT2D eigenvalue weighted by atomic mass is 32.1. The topological polar surface area (TPSA) is 53.5 Å². The van der Waals surface area contributed by atoms with Gasteiger partial charge in [0.1, 0.15) is 5.01 Å². The van der Waals surface area contributed by atoms with E-state index in [0.29, 0.717) is 18.9 Å². The van der Waals surface area contributed by atoms with E-state index in [9.17, 15) is 9.59 Å². The van der Waals surface area contributed by atoms with Gasteiger partial charge in [-0.25, -0.2) is 4.98 Å². The van der Waals surface area contributed by atoms with E-state index in [-0.39, 0.29) is 23.8 Å². The SMILES string of the molecule is CC(C)CN1C[C@H](C(=O)N2CCCC[C@H]2c2nccs2)CC1=O. The number of hydrogen-bond donors (Lipinski definition) is 0. The molecule has 0 N–H and O–H groups in total. The highest BCUT2D eigenvalue weighted by molar-refractivity contribution is 7.09. The number of aromatic nitrogens is 1. The minimum atomic E-state index is -0.179. The van der Waals surface area contributed by atoms with E-state index in [1.54, 1.807) is 17.5 Å². The smallest absolute Gasteiger partial charge is 0.228 e. The first-order chi connectivity index (χ1) is 11.1. The van der Waals surface area contributed by atoms with Crippen molar-refractivity contribution in [3.8, 4) is 0 Å². The van der Waals surface area contributed by atoms with Gasteiger partial charge >= 0.3 is 0 Å². The van der Waals surface area contributed by atoms with Crippen LogP contribution >= 0.6 is 11.3 Å². The van der Waals surface area contributed by atoms with Gasteiger partial charge in [-0.2, -0.15) is 0 Å². The molecule has 0 bridgehead atoms. The van der Waals surface area contributed by atoms with E-state index >= 15 is 0 Å². The number of nitrogens with zero attached hydrogens (tertiary/aromatic N) is 3. The second kappa shape index (κ2) is 6.99. The monoisotopic (exact) mass is 335 g/mol. The van der Waals surface area contributed by atoms with Crippen molar-refractivity contribution in [1.29, 1.82) is 0 Å². The first kappa shape index (κ1) is 16.4. The van der Waals surface area contributed by atoms with E-state index in [1.807, 2.05) is 15.2 Å². The van der Waals surface area contributed by atoms with Crippen molar-refractivity contribution in [1.82, 2.24) is 14.8 Å². The molecule has 126 valence electrons. The molecule has 2 amide bonds. The van der Waals surface area contributed by atoms with Crippen LogP contribution in [0.15, 0.2) is 11.6 Å². The van der Waals surface area contributed by atoms with Crippen molar-refractivity contribution in [3.63, 3.8) is 0 Å². The van der Waals surface area contributed by atoms with Gasteiger partial charge in [-0.1, -0.05) is 13.8 Å². The molecule has 23 heavy (non-hydrogen) atoms. The second-order valence-corrected chi connectivity index (χ2v) is 7.93. The van der Waals surface area contributed by atoms with Crippen molar-refractivity contribution in [3.05, 3.63) is 16.6 Å². The minimum Gasteiger partial charge on any atom is -0.342 e. The van der Waals surface area contributed by atoms with Gasteiger partial charge in [-0.3, -0.25) is 9.59 Å². The predicted molar refractivity (Wildman–Crippen MR) is 89.9 cm³/mol. The standard InChI is InChI=1S/C17H25N3O2S/c1-12(2)10-19-11-13(9-15(19)21)17(22)20-7-4-3-5-14(20)16-18-6-8-23-16/h6,8,12-14H,3-5,7,9-11H2,1-2H3/t13-,14+/m1/s1. The van der Waals surface area contributed by atoms with Crippen LogP contribution in [0.4, 0.5) is 0 Å². The number of piperidine rings is 1. The summed E-state index contributed by atoms with van der Waals surface area (Å²) in [5, 5.41) is 3.00. The van der Waals surface area contributed by atoms with Crippen LogP contribution in [0.3, 0.4) is 0 Å². The number of amides is 2. The van der Waals surface area contributed by atoms with Crippen LogP contribution in [-0.4, -0.2) is 46.2 Å². The summed E-state index contributed by atoms with van der Waals surface area (Å²) in [6, 6.07) is 0.102.